The molecule has 6 nitrogen and oxygen atoms in total. The van der Waals surface area contributed by atoms with E-state index in [1.54, 1.807) is 6.08 Å². The van der Waals surface area contributed by atoms with E-state index in [0.29, 0.717) is 17.5 Å². The minimum absolute atomic E-state index is 0.230. The zero-order chi connectivity index (χ0) is 35.9. The third kappa shape index (κ3) is 10.6. The summed E-state index contributed by atoms with van der Waals surface area (Å²) in [5.41, 5.74) is -3.06. The van der Waals surface area contributed by atoms with Gasteiger partial charge in [0, 0.05) is 17.5 Å². The molecule has 1 aliphatic rings. The molecule has 1 heterocycles. The topological polar surface area (TPSA) is 89.9 Å². The first-order valence-corrected chi connectivity index (χ1v) is 19.2. The third-order valence-electron chi connectivity index (χ3n) is 9.14. The van der Waals surface area contributed by atoms with Gasteiger partial charge < -0.3 is 19.7 Å². The second-order valence-electron chi connectivity index (χ2n) is 13.2. The van der Waals surface area contributed by atoms with Crippen molar-refractivity contribution in [1.82, 2.24) is 4.90 Å². The number of allylic oxidation sites excluding steroid dienone is 1. The van der Waals surface area contributed by atoms with Gasteiger partial charge in [-0.25, -0.2) is 8.78 Å². The Morgan fingerprint density at radius 3 is 1.98 bits per heavy atom. The molecule has 1 N–H and O–H groups in total. The van der Waals surface area contributed by atoms with Crippen LogP contribution in [0.4, 0.5) is 8.78 Å². The second-order valence-corrected chi connectivity index (χ2v) is 14.7. The lowest BCUT2D eigenvalue weighted by molar-refractivity contribution is -0.329. The number of ether oxygens (including phenoxy) is 1. The Morgan fingerprint density at radius 1 is 0.959 bits per heavy atom. The molecule has 2 aromatic carbocycles. The summed E-state index contributed by atoms with van der Waals surface area (Å²) in [7, 11) is 0. The standard InChI is InChI=1S/C39H53F2NO5S2/c1-4-5-6-10-19-26-49-27-20-11-8-7-9-18-25-32(38(46,36(44)45)28-33(40)41)35(43)42-34(29(2)3)39(47-37(42)48,30-21-14-12-15-22-30)31-23-16-13-17-24-31/h12-18,21-25,29,32-34,46H,4-11,19-20,26-28H2,1-3H3,(H,44,45)/p-1/b25-18+/t32-,34+,38+/m1/s1. The number of amides is 1. The van der Waals surface area contributed by atoms with E-state index in [9.17, 15) is 28.6 Å². The smallest absolute Gasteiger partial charge is 0.267 e. The van der Waals surface area contributed by atoms with Gasteiger partial charge in [-0.15, -0.1) is 0 Å². The van der Waals surface area contributed by atoms with Gasteiger partial charge in [0.05, 0.1) is 17.9 Å². The number of carbonyl (C=O) groups excluding carboxylic acids is 2. The van der Waals surface area contributed by atoms with Gasteiger partial charge in [-0.05, 0) is 55.3 Å². The van der Waals surface area contributed by atoms with Crippen LogP contribution in [0.1, 0.15) is 103 Å². The number of thioether (sulfide) groups is 1. The maximum absolute atomic E-state index is 14.5. The van der Waals surface area contributed by atoms with Crippen molar-refractivity contribution >= 4 is 41.0 Å². The summed E-state index contributed by atoms with van der Waals surface area (Å²) in [6.07, 6.45) is 8.84. The van der Waals surface area contributed by atoms with E-state index in [-0.39, 0.29) is 11.1 Å². The number of unbranched alkanes of at least 4 members (excludes halogenated alkanes) is 8. The molecule has 270 valence electrons. The van der Waals surface area contributed by atoms with Gasteiger partial charge in [-0.3, -0.25) is 9.69 Å². The van der Waals surface area contributed by atoms with E-state index in [1.807, 2.05) is 86.3 Å². The molecule has 10 heteroatoms. The molecule has 3 rings (SSSR count). The zero-order valence-corrected chi connectivity index (χ0v) is 30.7. The van der Waals surface area contributed by atoms with Crippen LogP contribution in [0.5, 0.6) is 0 Å². The van der Waals surface area contributed by atoms with Gasteiger partial charge in [-0.1, -0.05) is 132 Å². The van der Waals surface area contributed by atoms with Gasteiger partial charge in [0.25, 0.3) is 5.17 Å². The molecule has 1 amide bonds. The molecule has 0 spiro atoms. The predicted molar refractivity (Wildman–Crippen MR) is 195 cm³/mol. The van der Waals surface area contributed by atoms with Crippen molar-refractivity contribution in [3.63, 3.8) is 0 Å². The van der Waals surface area contributed by atoms with E-state index in [2.05, 4.69) is 6.92 Å². The Morgan fingerprint density at radius 2 is 1.49 bits per heavy atom. The lowest BCUT2D eigenvalue weighted by Crippen LogP contribution is -2.60. The number of alkyl halides is 2. The second kappa shape index (κ2) is 20.1. The van der Waals surface area contributed by atoms with E-state index in [0.717, 1.165) is 31.4 Å². The van der Waals surface area contributed by atoms with Crippen LogP contribution in [0.25, 0.3) is 0 Å². The Labute approximate surface area is 300 Å². The average Bonchev–Trinajstić information content (AvgIpc) is 3.40. The molecule has 0 aliphatic carbocycles. The average molecular weight is 717 g/mol. The van der Waals surface area contributed by atoms with Crippen molar-refractivity contribution in [2.75, 3.05) is 11.5 Å². The molecular weight excluding hydrogens is 665 g/mol. The van der Waals surface area contributed by atoms with Gasteiger partial charge in [0.1, 0.15) is 5.60 Å². The molecule has 1 saturated heterocycles. The number of hydrogen-bond acceptors (Lipinski definition) is 7. The number of halogens is 2. The lowest BCUT2D eigenvalue weighted by atomic mass is 9.75. The van der Waals surface area contributed by atoms with E-state index in [4.69, 9.17) is 17.0 Å². The number of carboxylic acids is 1. The summed E-state index contributed by atoms with van der Waals surface area (Å²) in [6, 6.07) is 17.7. The summed E-state index contributed by atoms with van der Waals surface area (Å²) in [5, 5.41) is 23.4. The molecule has 0 unspecified atom stereocenters. The quantitative estimate of drug-likeness (QED) is 0.0749. The summed E-state index contributed by atoms with van der Waals surface area (Å²) in [4.78, 5) is 28.1. The molecule has 0 aromatic heterocycles. The largest absolute Gasteiger partial charge is 0.547 e. The first-order valence-electron chi connectivity index (χ1n) is 17.6. The number of carbonyl (C=O) groups is 2. The van der Waals surface area contributed by atoms with Crippen LogP contribution in [0.15, 0.2) is 72.8 Å². The van der Waals surface area contributed by atoms with Crippen LogP contribution in [0, 0.1) is 11.8 Å². The number of nitrogens with zero attached hydrogens (tertiary/aromatic N) is 1. The van der Waals surface area contributed by atoms with Crippen molar-refractivity contribution in [3.8, 4) is 0 Å². The molecule has 1 fully saturated rings. The predicted octanol–water partition coefficient (Wildman–Crippen LogP) is 8.06. The molecule has 2 aromatic rings. The normalized spacial score (nSPS) is 17.8. The Balaban J connectivity index is 1.82. The van der Waals surface area contributed by atoms with E-state index < -0.39 is 47.9 Å². The van der Waals surface area contributed by atoms with Crippen LogP contribution in [-0.2, 0) is 19.9 Å². The van der Waals surface area contributed by atoms with Crippen LogP contribution in [0.3, 0.4) is 0 Å². The van der Waals surface area contributed by atoms with Crippen molar-refractivity contribution in [1.29, 1.82) is 0 Å². The third-order valence-corrected chi connectivity index (χ3v) is 10.6. The fourth-order valence-corrected chi connectivity index (χ4v) is 8.02. The Bertz CT molecular complexity index is 1300. The highest BCUT2D eigenvalue weighted by Gasteiger charge is 2.59. The van der Waals surface area contributed by atoms with E-state index in [1.165, 1.54) is 48.8 Å². The van der Waals surface area contributed by atoms with Gasteiger partial charge in [-0.2, -0.15) is 11.8 Å². The molecule has 3 atom stereocenters. The lowest BCUT2D eigenvalue weighted by Gasteiger charge is -2.40. The number of carboxylic acid groups (broad SMARTS) is 1. The number of aliphatic carboxylic acids is 1. The van der Waals surface area contributed by atoms with Crippen molar-refractivity contribution in [2.45, 2.75) is 115 Å². The summed E-state index contributed by atoms with van der Waals surface area (Å²) < 4.78 is 34.1. The SMILES string of the molecule is CCCCCCCSCCCCCC/C=C/[C@H](C(=O)N1C(=S)OC(c2ccccc2)(c2ccccc2)[C@@H]1C(C)C)[C@@](O)(CC(F)F)C(=O)[O-]. The maximum Gasteiger partial charge on any atom is 0.267 e. The van der Waals surface area contributed by atoms with Crippen molar-refractivity contribution in [2.24, 2.45) is 11.8 Å². The molecule has 1 aliphatic heterocycles. The van der Waals surface area contributed by atoms with E-state index >= 15 is 0 Å². The first kappa shape index (κ1) is 40.6. The van der Waals surface area contributed by atoms with Gasteiger partial charge >= 0.3 is 0 Å². The molecule has 0 saturated carbocycles. The molecule has 49 heavy (non-hydrogen) atoms. The molecule has 0 radical (unpaired) electrons. The van der Waals surface area contributed by atoms with Crippen LogP contribution >= 0.6 is 24.0 Å². The highest BCUT2D eigenvalue weighted by Crippen LogP contribution is 2.48. The highest BCUT2D eigenvalue weighted by atomic mass is 32.2. The minimum Gasteiger partial charge on any atom is -0.547 e. The van der Waals surface area contributed by atoms with Crippen LogP contribution in [0.2, 0.25) is 0 Å². The Kier molecular flexibility index (Phi) is 16.7. The summed E-state index contributed by atoms with van der Waals surface area (Å²) >= 11 is 7.65. The molecular formula is C39H52F2NO5S2-. The Hall–Kier alpha value is -2.82. The van der Waals surface area contributed by atoms with Gasteiger partial charge in [0.2, 0.25) is 12.3 Å². The number of hydrogen-bond donors (Lipinski definition) is 1. The maximum atomic E-state index is 14.5. The number of thiocarbonyl (C=S) groups is 1. The fourth-order valence-electron chi connectivity index (χ4n) is 6.66. The summed E-state index contributed by atoms with van der Waals surface area (Å²) in [6.45, 7) is 5.97. The number of rotatable bonds is 22. The highest BCUT2D eigenvalue weighted by molar-refractivity contribution is 7.99. The van der Waals surface area contributed by atoms with Crippen molar-refractivity contribution in [3.05, 3.63) is 83.9 Å². The van der Waals surface area contributed by atoms with Crippen LogP contribution < -0.4 is 5.11 Å². The number of aliphatic hydroxyl groups is 1. The zero-order valence-electron chi connectivity index (χ0n) is 29.0. The monoisotopic (exact) mass is 716 g/mol. The fraction of sp³-hybridized carbons (Fsp3) is 0.564. The first-order chi connectivity index (χ1) is 23.5. The van der Waals surface area contributed by atoms with Crippen molar-refractivity contribution < 1.29 is 33.3 Å². The molecule has 0 bridgehead atoms. The number of benzene rings is 2. The summed E-state index contributed by atoms with van der Waals surface area (Å²) in [5.74, 6) is -3.00. The van der Waals surface area contributed by atoms with Gasteiger partial charge in [0.15, 0.2) is 5.60 Å². The van der Waals surface area contributed by atoms with Crippen LogP contribution in [-0.4, -0.2) is 56.6 Å². The minimum atomic E-state index is -3.21.